The molecule has 0 aromatic heterocycles. The number of ether oxygens (including phenoxy) is 1. The number of halogens is 2. The van der Waals surface area contributed by atoms with Gasteiger partial charge >= 0.3 is 5.97 Å². The van der Waals surface area contributed by atoms with Crippen molar-refractivity contribution in [3.8, 4) is 0 Å². The van der Waals surface area contributed by atoms with Crippen molar-refractivity contribution in [3.63, 3.8) is 0 Å². The molecule has 0 saturated heterocycles. The fraction of sp³-hybridized carbons (Fsp3) is 0.364. The molecule has 2 nitrogen and oxygen atoms in total. The van der Waals surface area contributed by atoms with Gasteiger partial charge in [-0.3, -0.25) is 0 Å². The lowest BCUT2D eigenvalue weighted by Gasteiger charge is -2.04. The molecule has 0 saturated carbocycles. The van der Waals surface area contributed by atoms with Crippen molar-refractivity contribution in [1.29, 1.82) is 0 Å². The number of esters is 1. The molecule has 4 heteroatoms. The van der Waals surface area contributed by atoms with Crippen molar-refractivity contribution in [2.24, 2.45) is 0 Å². The van der Waals surface area contributed by atoms with E-state index in [0.29, 0.717) is 10.0 Å². The second kappa shape index (κ2) is 6.56. The Hall–Kier alpha value is -0.900. The van der Waals surface area contributed by atoms with E-state index in [1.807, 2.05) is 13.8 Å². The molecule has 0 aliphatic rings. The molecule has 15 heavy (non-hydrogen) atoms. The van der Waals surface area contributed by atoms with E-state index in [1.165, 1.54) is 7.11 Å². The summed E-state index contributed by atoms with van der Waals surface area (Å²) in [4.78, 5) is 11.1. The van der Waals surface area contributed by atoms with Crippen molar-refractivity contribution in [2.45, 2.75) is 20.8 Å². The Balaban J connectivity index is 0.000000921. The van der Waals surface area contributed by atoms with Crippen LogP contribution in [0, 0.1) is 12.7 Å². The van der Waals surface area contributed by atoms with Crippen molar-refractivity contribution in [1.82, 2.24) is 0 Å². The van der Waals surface area contributed by atoms with E-state index in [1.54, 1.807) is 13.0 Å². The molecule has 0 radical (unpaired) electrons. The van der Waals surface area contributed by atoms with Gasteiger partial charge < -0.3 is 4.74 Å². The normalized spacial score (nSPS) is 8.93. The minimum absolute atomic E-state index is 0.253. The number of benzene rings is 1. The van der Waals surface area contributed by atoms with Gasteiger partial charge in [0.15, 0.2) is 0 Å². The van der Waals surface area contributed by atoms with Crippen molar-refractivity contribution in [2.75, 3.05) is 7.11 Å². The molecule has 1 aromatic rings. The highest BCUT2D eigenvalue weighted by molar-refractivity contribution is 9.10. The first kappa shape index (κ1) is 14.1. The standard InChI is InChI=1S/C9H8BrFO2.C2H6/c1-5-3-7(10)8(11)4-6(5)9(12)13-2;1-2/h3-4H,1-2H3;1-2H3. The Morgan fingerprint density at radius 2 is 1.93 bits per heavy atom. The molecule has 0 N–H and O–H groups in total. The van der Waals surface area contributed by atoms with Crippen LogP contribution >= 0.6 is 15.9 Å². The Bertz CT molecular complexity index is 351. The first-order valence-corrected chi connectivity index (χ1v) is 5.39. The lowest BCUT2D eigenvalue weighted by molar-refractivity contribution is 0.0599. The van der Waals surface area contributed by atoms with Gasteiger partial charge in [-0.25, -0.2) is 9.18 Å². The highest BCUT2D eigenvalue weighted by Gasteiger charge is 2.12. The van der Waals surface area contributed by atoms with Crippen molar-refractivity contribution in [3.05, 3.63) is 33.5 Å². The Labute approximate surface area is 97.6 Å². The summed E-state index contributed by atoms with van der Waals surface area (Å²) in [5, 5.41) is 0. The number of hydrogen-bond acceptors (Lipinski definition) is 2. The highest BCUT2D eigenvalue weighted by atomic mass is 79.9. The van der Waals surface area contributed by atoms with Crippen LogP contribution in [0.5, 0.6) is 0 Å². The number of carbonyl (C=O) groups is 1. The zero-order valence-electron chi connectivity index (χ0n) is 9.23. The van der Waals surface area contributed by atoms with E-state index in [-0.39, 0.29) is 5.56 Å². The SMILES string of the molecule is CC.COC(=O)c1cc(F)c(Br)cc1C. The molecule has 1 aromatic carbocycles. The average Bonchev–Trinajstić information content (AvgIpc) is 2.25. The number of carbonyl (C=O) groups excluding carboxylic acids is 1. The highest BCUT2D eigenvalue weighted by Crippen LogP contribution is 2.20. The van der Waals surface area contributed by atoms with E-state index in [4.69, 9.17) is 0 Å². The van der Waals surface area contributed by atoms with Crippen LogP contribution in [0.15, 0.2) is 16.6 Å². The molecule has 84 valence electrons. The number of rotatable bonds is 1. The van der Waals surface area contributed by atoms with Gasteiger partial charge in [0.25, 0.3) is 0 Å². The predicted octanol–water partition coefficient (Wildman–Crippen LogP) is 3.71. The Kier molecular flexibility index (Phi) is 6.17. The van der Waals surface area contributed by atoms with Crippen LogP contribution in [-0.2, 0) is 4.74 Å². The van der Waals surface area contributed by atoms with Crippen LogP contribution in [-0.4, -0.2) is 13.1 Å². The van der Waals surface area contributed by atoms with Crippen molar-refractivity contribution < 1.29 is 13.9 Å². The molecule has 0 bridgehead atoms. The van der Waals surface area contributed by atoms with E-state index < -0.39 is 11.8 Å². The summed E-state index contributed by atoms with van der Waals surface area (Å²) < 4.78 is 17.8. The molecular weight excluding hydrogens is 263 g/mol. The van der Waals surface area contributed by atoms with E-state index in [9.17, 15) is 9.18 Å². The summed E-state index contributed by atoms with van der Waals surface area (Å²) in [6.07, 6.45) is 0. The third-order valence-corrected chi connectivity index (χ3v) is 2.28. The van der Waals surface area contributed by atoms with E-state index in [0.717, 1.165) is 6.07 Å². The van der Waals surface area contributed by atoms with Crippen LogP contribution in [0.1, 0.15) is 29.8 Å². The summed E-state index contributed by atoms with van der Waals surface area (Å²) in [6.45, 7) is 5.72. The first-order valence-electron chi connectivity index (χ1n) is 4.60. The maximum absolute atomic E-state index is 13.0. The van der Waals surface area contributed by atoms with Gasteiger partial charge in [0, 0.05) is 0 Å². The van der Waals surface area contributed by atoms with Gasteiger partial charge in [0.1, 0.15) is 5.82 Å². The predicted molar refractivity (Wildman–Crippen MR) is 61.5 cm³/mol. The van der Waals surface area contributed by atoms with Gasteiger partial charge in [-0.15, -0.1) is 0 Å². The van der Waals surface area contributed by atoms with Gasteiger partial charge in [0.05, 0.1) is 17.1 Å². The van der Waals surface area contributed by atoms with Crippen LogP contribution in [0.4, 0.5) is 4.39 Å². The molecular formula is C11H14BrFO2. The third-order valence-electron chi connectivity index (χ3n) is 1.67. The molecule has 0 heterocycles. The quantitative estimate of drug-likeness (QED) is 0.731. The van der Waals surface area contributed by atoms with Crippen LogP contribution < -0.4 is 0 Å². The second-order valence-corrected chi connectivity index (χ2v) is 3.43. The zero-order valence-corrected chi connectivity index (χ0v) is 10.8. The molecule has 1 rings (SSSR count). The lowest BCUT2D eigenvalue weighted by Crippen LogP contribution is -2.04. The summed E-state index contributed by atoms with van der Waals surface area (Å²) in [7, 11) is 1.27. The van der Waals surface area contributed by atoms with E-state index >= 15 is 0 Å². The summed E-state index contributed by atoms with van der Waals surface area (Å²) >= 11 is 3.02. The van der Waals surface area contributed by atoms with Gasteiger partial charge in [-0.1, -0.05) is 13.8 Å². The number of hydrogen-bond donors (Lipinski definition) is 0. The minimum Gasteiger partial charge on any atom is -0.465 e. The molecule has 0 aliphatic carbocycles. The molecule has 0 fully saturated rings. The first-order chi connectivity index (χ1) is 7.06. The smallest absolute Gasteiger partial charge is 0.338 e. The largest absolute Gasteiger partial charge is 0.465 e. The zero-order chi connectivity index (χ0) is 12.0. The third kappa shape index (κ3) is 3.63. The van der Waals surface area contributed by atoms with Crippen LogP contribution in [0.2, 0.25) is 0 Å². The summed E-state index contributed by atoms with van der Waals surface area (Å²) in [6, 6.07) is 2.70. The van der Waals surface area contributed by atoms with Crippen LogP contribution in [0.3, 0.4) is 0 Å². The maximum atomic E-state index is 13.0. The molecule has 0 unspecified atom stereocenters. The average molecular weight is 277 g/mol. The van der Waals surface area contributed by atoms with E-state index in [2.05, 4.69) is 20.7 Å². The van der Waals surface area contributed by atoms with Gasteiger partial charge in [0.2, 0.25) is 0 Å². The summed E-state index contributed by atoms with van der Waals surface area (Å²) in [5.41, 5.74) is 0.934. The van der Waals surface area contributed by atoms with Crippen molar-refractivity contribution >= 4 is 21.9 Å². The molecule has 0 amide bonds. The molecule has 0 spiro atoms. The Morgan fingerprint density at radius 3 is 2.40 bits per heavy atom. The minimum atomic E-state index is -0.524. The fourth-order valence-corrected chi connectivity index (χ4v) is 1.43. The summed E-state index contributed by atoms with van der Waals surface area (Å²) in [5.74, 6) is -0.991. The van der Waals surface area contributed by atoms with Gasteiger partial charge in [-0.2, -0.15) is 0 Å². The van der Waals surface area contributed by atoms with Crippen LogP contribution in [0.25, 0.3) is 0 Å². The fourth-order valence-electron chi connectivity index (χ4n) is 0.976. The monoisotopic (exact) mass is 276 g/mol. The lowest BCUT2D eigenvalue weighted by atomic mass is 10.1. The number of methoxy groups -OCH3 is 1. The molecule has 0 aliphatic heterocycles. The Morgan fingerprint density at radius 1 is 1.40 bits per heavy atom. The molecule has 0 atom stereocenters. The maximum Gasteiger partial charge on any atom is 0.338 e. The topological polar surface area (TPSA) is 26.3 Å². The van der Waals surface area contributed by atoms with Gasteiger partial charge in [-0.05, 0) is 40.5 Å². The number of aryl methyl sites for hydroxylation is 1. The second-order valence-electron chi connectivity index (χ2n) is 2.57.